The van der Waals surface area contributed by atoms with Gasteiger partial charge < -0.3 is 4.74 Å². The van der Waals surface area contributed by atoms with Crippen LogP contribution in [0.4, 0.5) is 0 Å². The van der Waals surface area contributed by atoms with Gasteiger partial charge in [-0.15, -0.1) is 0 Å². The molecule has 3 heteroatoms. The zero-order valence-corrected chi connectivity index (χ0v) is 12.9. The summed E-state index contributed by atoms with van der Waals surface area (Å²) in [6, 6.07) is 6.29. The van der Waals surface area contributed by atoms with Gasteiger partial charge in [-0.3, -0.25) is 9.69 Å². The summed E-state index contributed by atoms with van der Waals surface area (Å²) < 4.78 is 5.41. The summed E-state index contributed by atoms with van der Waals surface area (Å²) in [6.07, 6.45) is 0. The fourth-order valence-electron chi connectivity index (χ4n) is 2.10. The number of nitrogens with zero attached hydrogens (tertiary/aromatic N) is 1. The highest BCUT2D eigenvalue weighted by Crippen LogP contribution is 2.28. The molecule has 106 valence electrons. The lowest BCUT2D eigenvalue weighted by Gasteiger charge is -2.23. The van der Waals surface area contributed by atoms with Gasteiger partial charge in [0.05, 0.1) is 13.7 Å². The normalized spacial score (nSPS) is 11.7. The lowest BCUT2D eigenvalue weighted by atomic mass is 9.86. The molecule has 0 saturated carbocycles. The van der Waals surface area contributed by atoms with E-state index < -0.39 is 0 Å². The highest BCUT2D eigenvalue weighted by molar-refractivity contribution is 5.77. The standard InChI is InChI=1S/C16H25NO2/c1-12(18)10-17(5)11-13-9-14(16(2,3)4)7-8-15(13)19-6/h7-9H,10-11H2,1-6H3. The summed E-state index contributed by atoms with van der Waals surface area (Å²) in [5, 5.41) is 0. The fraction of sp³-hybridized carbons (Fsp3) is 0.562. The molecular weight excluding hydrogens is 238 g/mol. The Kier molecular flexibility index (Phi) is 5.12. The van der Waals surface area contributed by atoms with Gasteiger partial charge in [-0.05, 0) is 31.0 Å². The largest absolute Gasteiger partial charge is 0.496 e. The third-order valence-electron chi connectivity index (χ3n) is 3.08. The number of benzene rings is 1. The highest BCUT2D eigenvalue weighted by Gasteiger charge is 2.16. The van der Waals surface area contributed by atoms with Crippen molar-refractivity contribution in [1.29, 1.82) is 0 Å². The Morgan fingerprint density at radius 3 is 2.42 bits per heavy atom. The number of carbonyl (C=O) groups is 1. The number of Topliss-reactive ketones (excluding diaryl/α,β-unsaturated/α-hetero) is 1. The highest BCUT2D eigenvalue weighted by atomic mass is 16.5. The minimum absolute atomic E-state index is 0.111. The molecule has 0 heterocycles. The SMILES string of the molecule is COc1ccc(C(C)(C)C)cc1CN(C)CC(C)=O. The van der Waals surface area contributed by atoms with E-state index in [0.29, 0.717) is 13.1 Å². The van der Waals surface area contributed by atoms with Crippen LogP contribution in [0.3, 0.4) is 0 Å². The predicted octanol–water partition coefficient (Wildman–Crippen LogP) is 3.01. The van der Waals surface area contributed by atoms with E-state index >= 15 is 0 Å². The van der Waals surface area contributed by atoms with Crippen molar-refractivity contribution in [2.75, 3.05) is 20.7 Å². The minimum atomic E-state index is 0.111. The van der Waals surface area contributed by atoms with Gasteiger partial charge >= 0.3 is 0 Å². The third-order valence-corrected chi connectivity index (χ3v) is 3.08. The average molecular weight is 263 g/mol. The van der Waals surface area contributed by atoms with Crippen molar-refractivity contribution in [3.8, 4) is 5.75 Å². The van der Waals surface area contributed by atoms with Crippen LogP contribution in [-0.4, -0.2) is 31.4 Å². The number of ether oxygens (including phenoxy) is 1. The molecular formula is C16H25NO2. The van der Waals surface area contributed by atoms with Gasteiger partial charge in [0.25, 0.3) is 0 Å². The maximum absolute atomic E-state index is 11.2. The molecule has 0 aliphatic carbocycles. The van der Waals surface area contributed by atoms with Crippen molar-refractivity contribution >= 4 is 5.78 Å². The zero-order valence-electron chi connectivity index (χ0n) is 12.9. The van der Waals surface area contributed by atoms with Crippen LogP contribution in [0.1, 0.15) is 38.8 Å². The second-order valence-corrected chi connectivity index (χ2v) is 6.15. The predicted molar refractivity (Wildman–Crippen MR) is 78.7 cm³/mol. The zero-order chi connectivity index (χ0) is 14.6. The molecule has 0 N–H and O–H groups in total. The Morgan fingerprint density at radius 2 is 1.95 bits per heavy atom. The van der Waals surface area contributed by atoms with E-state index in [0.717, 1.165) is 11.3 Å². The maximum atomic E-state index is 11.2. The summed E-state index contributed by atoms with van der Waals surface area (Å²) in [5.74, 6) is 1.05. The average Bonchev–Trinajstić information content (AvgIpc) is 2.26. The van der Waals surface area contributed by atoms with Crippen LogP contribution in [0.2, 0.25) is 0 Å². The van der Waals surface area contributed by atoms with Crippen molar-refractivity contribution in [2.24, 2.45) is 0 Å². The molecule has 0 aliphatic rings. The quantitative estimate of drug-likeness (QED) is 0.818. The van der Waals surface area contributed by atoms with Crippen LogP contribution in [0.25, 0.3) is 0 Å². The molecule has 0 aromatic heterocycles. The first-order chi connectivity index (χ1) is 8.74. The Labute approximate surface area is 116 Å². The van der Waals surface area contributed by atoms with Gasteiger partial charge in [0, 0.05) is 12.1 Å². The van der Waals surface area contributed by atoms with Crippen LogP contribution in [-0.2, 0) is 16.8 Å². The van der Waals surface area contributed by atoms with E-state index in [2.05, 4.69) is 32.9 Å². The first-order valence-corrected chi connectivity index (χ1v) is 6.59. The van der Waals surface area contributed by atoms with E-state index in [1.54, 1.807) is 14.0 Å². The summed E-state index contributed by atoms with van der Waals surface area (Å²) in [4.78, 5) is 13.2. The number of hydrogen-bond acceptors (Lipinski definition) is 3. The summed E-state index contributed by atoms with van der Waals surface area (Å²) in [6.45, 7) is 9.36. The Bertz CT molecular complexity index is 447. The van der Waals surface area contributed by atoms with E-state index in [-0.39, 0.29) is 11.2 Å². The molecule has 19 heavy (non-hydrogen) atoms. The molecule has 3 nitrogen and oxygen atoms in total. The Balaban J connectivity index is 2.99. The maximum Gasteiger partial charge on any atom is 0.143 e. The van der Waals surface area contributed by atoms with Crippen LogP contribution in [0, 0.1) is 0 Å². The number of methoxy groups -OCH3 is 1. The number of hydrogen-bond donors (Lipinski definition) is 0. The molecule has 0 saturated heterocycles. The summed E-state index contributed by atoms with van der Waals surface area (Å²) in [5.41, 5.74) is 2.51. The van der Waals surface area contributed by atoms with E-state index in [9.17, 15) is 4.79 Å². The molecule has 0 bridgehead atoms. The molecule has 0 aliphatic heterocycles. The van der Waals surface area contributed by atoms with Crippen LogP contribution >= 0.6 is 0 Å². The molecule has 0 radical (unpaired) electrons. The second-order valence-electron chi connectivity index (χ2n) is 6.15. The van der Waals surface area contributed by atoms with Crippen molar-refractivity contribution in [2.45, 2.75) is 39.7 Å². The van der Waals surface area contributed by atoms with Crippen LogP contribution in [0.15, 0.2) is 18.2 Å². The molecule has 0 spiro atoms. The van der Waals surface area contributed by atoms with Crippen LogP contribution < -0.4 is 4.74 Å². The van der Waals surface area contributed by atoms with Gasteiger partial charge in [0.2, 0.25) is 0 Å². The molecule has 1 rings (SSSR count). The fourth-order valence-corrected chi connectivity index (χ4v) is 2.10. The monoisotopic (exact) mass is 263 g/mol. The van der Waals surface area contributed by atoms with Gasteiger partial charge in [0.1, 0.15) is 11.5 Å². The Morgan fingerprint density at radius 1 is 1.32 bits per heavy atom. The van der Waals surface area contributed by atoms with E-state index in [4.69, 9.17) is 4.74 Å². The first kappa shape index (κ1) is 15.7. The van der Waals surface area contributed by atoms with Gasteiger partial charge in [-0.25, -0.2) is 0 Å². The summed E-state index contributed by atoms with van der Waals surface area (Å²) in [7, 11) is 3.63. The van der Waals surface area contributed by atoms with Crippen molar-refractivity contribution in [3.05, 3.63) is 29.3 Å². The Hall–Kier alpha value is -1.35. The molecule has 1 aromatic rings. The van der Waals surface area contributed by atoms with Crippen molar-refractivity contribution < 1.29 is 9.53 Å². The third kappa shape index (κ3) is 4.67. The molecule has 0 unspecified atom stereocenters. The van der Waals surface area contributed by atoms with Crippen molar-refractivity contribution in [3.63, 3.8) is 0 Å². The van der Waals surface area contributed by atoms with Gasteiger partial charge in [-0.1, -0.05) is 32.9 Å². The molecule has 0 fully saturated rings. The second kappa shape index (κ2) is 6.20. The van der Waals surface area contributed by atoms with E-state index in [1.807, 2.05) is 18.0 Å². The lowest BCUT2D eigenvalue weighted by molar-refractivity contribution is -0.117. The van der Waals surface area contributed by atoms with Crippen LogP contribution in [0.5, 0.6) is 5.75 Å². The number of ketones is 1. The number of rotatable bonds is 5. The van der Waals surface area contributed by atoms with Gasteiger partial charge in [0.15, 0.2) is 0 Å². The smallest absolute Gasteiger partial charge is 0.143 e. The van der Waals surface area contributed by atoms with Gasteiger partial charge in [-0.2, -0.15) is 0 Å². The van der Waals surface area contributed by atoms with E-state index in [1.165, 1.54) is 5.56 Å². The molecule has 1 aromatic carbocycles. The van der Waals surface area contributed by atoms with Crippen molar-refractivity contribution in [1.82, 2.24) is 4.90 Å². The lowest BCUT2D eigenvalue weighted by Crippen LogP contribution is -2.24. The number of likely N-dealkylation sites (N-methyl/N-ethyl adjacent to an activating group) is 1. The summed E-state index contributed by atoms with van der Waals surface area (Å²) >= 11 is 0. The topological polar surface area (TPSA) is 29.5 Å². The minimum Gasteiger partial charge on any atom is -0.496 e. The molecule has 0 amide bonds. The molecule has 0 atom stereocenters. The number of carbonyl (C=O) groups excluding carboxylic acids is 1. The first-order valence-electron chi connectivity index (χ1n) is 6.59.